The zero-order valence-corrected chi connectivity index (χ0v) is 19.9. The van der Waals surface area contributed by atoms with Crippen molar-refractivity contribution in [3.63, 3.8) is 0 Å². The van der Waals surface area contributed by atoms with E-state index in [9.17, 15) is 19.2 Å². The van der Waals surface area contributed by atoms with E-state index in [1.165, 1.54) is 12.5 Å². The molecule has 0 aliphatic carbocycles. The Morgan fingerprint density at radius 2 is 1.91 bits per heavy atom. The minimum Gasteiger partial charge on any atom is -0.468 e. The van der Waals surface area contributed by atoms with E-state index in [1.807, 2.05) is 6.07 Å². The highest BCUT2D eigenvalue weighted by Gasteiger charge is 2.39. The van der Waals surface area contributed by atoms with Gasteiger partial charge in [-0.05, 0) is 19.1 Å². The lowest BCUT2D eigenvalue weighted by molar-refractivity contribution is -0.143. The van der Waals surface area contributed by atoms with Gasteiger partial charge in [-0.1, -0.05) is 42.2 Å². The number of benzene rings is 1. The molecule has 2 aromatic rings. The number of carbonyl (C=O) groups is 4. The first kappa shape index (κ1) is 24.4. The number of rotatable bonds is 7. The quantitative estimate of drug-likeness (QED) is 0.331. The van der Waals surface area contributed by atoms with Crippen LogP contribution in [0.15, 0.2) is 40.6 Å². The van der Waals surface area contributed by atoms with Crippen LogP contribution >= 0.6 is 35.3 Å². The highest BCUT2D eigenvalue weighted by atomic mass is 32.2. The predicted octanol–water partition coefficient (Wildman–Crippen LogP) is 3.09. The van der Waals surface area contributed by atoms with Crippen LogP contribution in [0.5, 0.6) is 0 Å². The third kappa shape index (κ3) is 5.94. The molecule has 0 unspecified atom stereocenters. The van der Waals surface area contributed by atoms with Gasteiger partial charge in [-0.25, -0.2) is 14.6 Å². The van der Waals surface area contributed by atoms with Crippen molar-refractivity contribution in [3.05, 3.63) is 46.3 Å². The number of thioether (sulfide) groups is 1. The number of nitrogens with zero attached hydrogens (tertiary/aromatic N) is 2. The molecule has 3 amide bonds. The van der Waals surface area contributed by atoms with E-state index in [2.05, 4.69) is 20.4 Å². The Labute approximate surface area is 202 Å². The molecule has 2 N–H and O–H groups in total. The van der Waals surface area contributed by atoms with Crippen molar-refractivity contribution in [1.82, 2.24) is 9.88 Å². The zero-order chi connectivity index (χ0) is 24.0. The van der Waals surface area contributed by atoms with Gasteiger partial charge in [-0.3, -0.25) is 19.8 Å². The maximum Gasteiger partial charge on any atom is 0.341 e. The molecular weight excluding hydrogens is 488 g/mol. The fraction of sp³-hybridized carbons (Fsp3) is 0.200. The Morgan fingerprint density at radius 1 is 1.18 bits per heavy atom. The number of thiocarbonyl (C=S) groups is 1. The number of urea groups is 1. The summed E-state index contributed by atoms with van der Waals surface area (Å²) in [5.74, 6) is -2.07. The SMILES string of the molecule is CCOC(=O)C(=C1SC(=S)N(CC(=O)OC)C1=O)c1csc(NC(=O)Nc2ccccc2)n1. The van der Waals surface area contributed by atoms with Gasteiger partial charge in [0.1, 0.15) is 16.4 Å². The van der Waals surface area contributed by atoms with Gasteiger partial charge in [0.05, 0.1) is 24.3 Å². The summed E-state index contributed by atoms with van der Waals surface area (Å²) in [6.07, 6.45) is 0. The molecule has 1 aliphatic rings. The van der Waals surface area contributed by atoms with Crippen LogP contribution in [0.4, 0.5) is 15.6 Å². The summed E-state index contributed by atoms with van der Waals surface area (Å²) in [4.78, 5) is 54.8. The zero-order valence-electron chi connectivity index (χ0n) is 17.4. The fourth-order valence-electron chi connectivity index (χ4n) is 2.62. The Hall–Kier alpha value is -3.29. The van der Waals surface area contributed by atoms with Crippen molar-refractivity contribution < 1.29 is 28.7 Å². The number of thiazole rings is 1. The standard InChI is InChI=1S/C20H18N4O6S3/c1-3-30-17(27)14(15-16(26)24(20(31)33-15)9-13(25)29-2)12-10-32-19(22-12)23-18(28)21-11-7-5-4-6-8-11/h4-8,10H,3,9H2,1-2H3,(H2,21,22,23,28). The van der Waals surface area contributed by atoms with E-state index in [-0.39, 0.29) is 38.8 Å². The first-order valence-corrected chi connectivity index (χ1v) is 11.5. The third-order valence-corrected chi connectivity index (χ3v) is 6.29. The van der Waals surface area contributed by atoms with Crippen LogP contribution in [0.25, 0.3) is 5.57 Å². The predicted molar refractivity (Wildman–Crippen MR) is 129 cm³/mol. The molecule has 13 heteroatoms. The summed E-state index contributed by atoms with van der Waals surface area (Å²) in [7, 11) is 1.19. The van der Waals surface area contributed by atoms with Crippen molar-refractivity contribution in [3.8, 4) is 0 Å². The van der Waals surface area contributed by atoms with Gasteiger partial charge < -0.3 is 14.8 Å². The number of ether oxygens (including phenoxy) is 2. The summed E-state index contributed by atoms with van der Waals surface area (Å²) < 4.78 is 9.80. The first-order chi connectivity index (χ1) is 15.8. The minimum absolute atomic E-state index is 0.0204. The number of anilines is 2. The number of aromatic nitrogens is 1. The summed E-state index contributed by atoms with van der Waals surface area (Å²) in [5, 5.41) is 6.95. The molecule has 1 aromatic carbocycles. The third-order valence-electron chi connectivity index (χ3n) is 4.08. The molecule has 0 spiro atoms. The van der Waals surface area contributed by atoms with E-state index in [0.29, 0.717) is 5.69 Å². The second kappa shape index (κ2) is 11.0. The lowest BCUT2D eigenvalue weighted by Crippen LogP contribution is -2.34. The molecule has 10 nitrogen and oxygen atoms in total. The van der Waals surface area contributed by atoms with Crippen molar-refractivity contribution in [2.45, 2.75) is 6.92 Å². The van der Waals surface area contributed by atoms with Gasteiger partial charge in [-0.15, -0.1) is 11.3 Å². The Bertz CT molecular complexity index is 1130. The maximum absolute atomic E-state index is 12.9. The van der Waals surface area contributed by atoms with E-state index in [4.69, 9.17) is 17.0 Å². The molecule has 2 heterocycles. The summed E-state index contributed by atoms with van der Waals surface area (Å²) in [6.45, 7) is 1.31. The molecule has 1 fully saturated rings. The van der Waals surface area contributed by atoms with E-state index in [1.54, 1.807) is 31.2 Å². The molecule has 1 aliphatic heterocycles. The average molecular weight is 507 g/mol. The van der Waals surface area contributed by atoms with Gasteiger partial charge in [0.15, 0.2) is 5.13 Å². The number of methoxy groups -OCH3 is 1. The molecular formula is C20H18N4O6S3. The van der Waals surface area contributed by atoms with E-state index < -0.39 is 23.9 Å². The molecule has 3 rings (SSSR count). The first-order valence-electron chi connectivity index (χ1n) is 9.44. The van der Waals surface area contributed by atoms with Crippen LogP contribution in [0.1, 0.15) is 12.6 Å². The van der Waals surface area contributed by atoms with Gasteiger partial charge in [0.2, 0.25) is 0 Å². The number of carbonyl (C=O) groups excluding carboxylic acids is 4. The molecule has 0 atom stereocenters. The van der Waals surface area contributed by atoms with Crippen molar-refractivity contribution >= 4 is 79.9 Å². The number of esters is 2. The molecule has 172 valence electrons. The van der Waals surface area contributed by atoms with Gasteiger partial charge >= 0.3 is 18.0 Å². The highest BCUT2D eigenvalue weighted by Crippen LogP contribution is 2.38. The smallest absolute Gasteiger partial charge is 0.341 e. The van der Waals surface area contributed by atoms with Crippen molar-refractivity contribution in [1.29, 1.82) is 0 Å². The van der Waals surface area contributed by atoms with E-state index in [0.717, 1.165) is 28.0 Å². The normalized spacial score (nSPS) is 14.7. The van der Waals surface area contributed by atoms with Crippen LogP contribution in [0, 0.1) is 0 Å². The van der Waals surface area contributed by atoms with Crippen molar-refractivity contribution in [2.24, 2.45) is 0 Å². The van der Waals surface area contributed by atoms with E-state index >= 15 is 0 Å². The molecule has 1 aromatic heterocycles. The van der Waals surface area contributed by atoms with Crippen LogP contribution in [0.3, 0.4) is 0 Å². The Morgan fingerprint density at radius 3 is 2.58 bits per heavy atom. The minimum atomic E-state index is -0.776. The van der Waals surface area contributed by atoms with Crippen LogP contribution < -0.4 is 10.6 Å². The molecule has 0 saturated carbocycles. The molecule has 1 saturated heterocycles. The number of hydrogen-bond acceptors (Lipinski definition) is 10. The monoisotopic (exact) mass is 506 g/mol. The second-order valence-corrected chi connectivity index (χ2v) is 8.75. The van der Waals surface area contributed by atoms with Crippen molar-refractivity contribution in [2.75, 3.05) is 30.9 Å². The van der Waals surface area contributed by atoms with Crippen LogP contribution in [-0.2, 0) is 23.9 Å². The average Bonchev–Trinajstić information content (AvgIpc) is 3.34. The van der Waals surface area contributed by atoms with Gasteiger partial charge in [0, 0.05) is 11.1 Å². The van der Waals surface area contributed by atoms with Crippen LogP contribution in [0.2, 0.25) is 0 Å². The largest absolute Gasteiger partial charge is 0.468 e. The topological polar surface area (TPSA) is 127 Å². The van der Waals surface area contributed by atoms with Gasteiger partial charge in [0.25, 0.3) is 5.91 Å². The fourth-order valence-corrected chi connectivity index (χ4v) is 4.64. The molecule has 33 heavy (non-hydrogen) atoms. The number of para-hydroxylation sites is 1. The van der Waals surface area contributed by atoms with Crippen LogP contribution in [-0.4, -0.2) is 58.3 Å². The number of nitrogens with one attached hydrogen (secondary N) is 2. The molecule has 0 radical (unpaired) electrons. The Kier molecular flexibility index (Phi) is 8.14. The lowest BCUT2D eigenvalue weighted by Gasteiger charge is -2.12. The Balaban J connectivity index is 1.86. The van der Waals surface area contributed by atoms with Gasteiger partial charge in [-0.2, -0.15) is 0 Å². The number of hydrogen-bond donors (Lipinski definition) is 2. The second-order valence-electron chi connectivity index (χ2n) is 6.24. The lowest BCUT2D eigenvalue weighted by atomic mass is 10.2. The highest BCUT2D eigenvalue weighted by molar-refractivity contribution is 8.26. The summed E-state index contributed by atoms with van der Waals surface area (Å²) in [5.41, 5.74) is 0.620. The maximum atomic E-state index is 12.9. The summed E-state index contributed by atoms with van der Waals surface area (Å²) in [6, 6.07) is 8.30. The number of amides is 3. The summed E-state index contributed by atoms with van der Waals surface area (Å²) >= 11 is 7.12. The molecule has 0 bridgehead atoms.